The first kappa shape index (κ1) is 31.3. The molecular formula is C30H44N3O7P. The van der Waals surface area contributed by atoms with Crippen LogP contribution in [0.1, 0.15) is 71.3 Å². The maximum Gasteiger partial charge on any atom is 0.408 e. The highest BCUT2D eigenvalue weighted by atomic mass is 31.2. The standard InChI is InChI=1S/C30H44N3O7P/c1-5-22-20-30(22,41(37,38)39-19-17-21-12-7-6-8-13-21)32-26(34)24-16-11-18-33(24)27(35)25(29(2,3)4)31-28(36)40-23-14-9-10-15-23/h5-8,12-13,22-25H,1,9-11,14-20H2,2-4H3,(H,31,36)(H,32,34)(H,37,38). The van der Waals surface area contributed by atoms with Crippen LogP contribution in [0.25, 0.3) is 0 Å². The Balaban J connectivity index is 1.42. The lowest BCUT2D eigenvalue weighted by molar-refractivity contribution is -0.142. The Kier molecular flexibility index (Phi) is 9.66. The first-order valence-electron chi connectivity index (χ1n) is 14.6. The second kappa shape index (κ2) is 12.7. The molecule has 3 N–H and O–H groups in total. The molecule has 5 atom stereocenters. The molecule has 1 saturated heterocycles. The van der Waals surface area contributed by atoms with E-state index in [-0.39, 0.29) is 25.0 Å². The van der Waals surface area contributed by atoms with Gasteiger partial charge in [-0.15, -0.1) is 6.58 Å². The van der Waals surface area contributed by atoms with Gasteiger partial charge in [0.15, 0.2) is 0 Å². The molecule has 41 heavy (non-hydrogen) atoms. The van der Waals surface area contributed by atoms with Gasteiger partial charge in [-0.1, -0.05) is 57.2 Å². The Morgan fingerprint density at radius 2 is 1.85 bits per heavy atom. The van der Waals surface area contributed by atoms with Crippen molar-refractivity contribution in [2.45, 2.75) is 95.6 Å². The first-order valence-corrected chi connectivity index (χ1v) is 16.2. The third-order valence-electron chi connectivity index (χ3n) is 8.40. The van der Waals surface area contributed by atoms with Crippen LogP contribution in [0.2, 0.25) is 0 Å². The van der Waals surface area contributed by atoms with Crippen molar-refractivity contribution in [2.75, 3.05) is 13.2 Å². The van der Waals surface area contributed by atoms with Crippen molar-refractivity contribution in [1.82, 2.24) is 15.5 Å². The molecule has 0 radical (unpaired) electrons. The minimum Gasteiger partial charge on any atom is -0.446 e. The molecule has 1 aromatic carbocycles. The van der Waals surface area contributed by atoms with E-state index in [2.05, 4.69) is 17.2 Å². The molecule has 4 rings (SSSR count). The third-order valence-corrected chi connectivity index (χ3v) is 10.6. The van der Waals surface area contributed by atoms with Gasteiger partial charge in [-0.2, -0.15) is 0 Å². The molecule has 226 valence electrons. The number of hydrogen-bond acceptors (Lipinski definition) is 6. The van der Waals surface area contributed by atoms with Crippen LogP contribution in [-0.4, -0.2) is 64.3 Å². The van der Waals surface area contributed by atoms with Crippen LogP contribution in [0.15, 0.2) is 43.0 Å². The van der Waals surface area contributed by atoms with E-state index in [1.54, 1.807) is 6.08 Å². The van der Waals surface area contributed by atoms with Gasteiger partial charge in [-0.25, -0.2) is 4.79 Å². The molecule has 2 saturated carbocycles. The van der Waals surface area contributed by atoms with Gasteiger partial charge in [0.05, 0.1) is 6.61 Å². The van der Waals surface area contributed by atoms with Gasteiger partial charge >= 0.3 is 13.7 Å². The first-order chi connectivity index (χ1) is 19.4. The van der Waals surface area contributed by atoms with Crippen LogP contribution in [-0.2, 0) is 29.8 Å². The maximum atomic E-state index is 13.8. The van der Waals surface area contributed by atoms with Crippen LogP contribution in [0, 0.1) is 11.3 Å². The van der Waals surface area contributed by atoms with Gasteiger partial charge in [-0.3, -0.25) is 14.2 Å². The largest absolute Gasteiger partial charge is 0.446 e. The highest BCUT2D eigenvalue weighted by molar-refractivity contribution is 7.55. The van der Waals surface area contributed by atoms with Gasteiger partial charge in [0.25, 0.3) is 0 Å². The summed E-state index contributed by atoms with van der Waals surface area (Å²) in [5.74, 6) is -1.32. The molecule has 10 nitrogen and oxygen atoms in total. The zero-order valence-electron chi connectivity index (χ0n) is 24.3. The van der Waals surface area contributed by atoms with E-state index in [1.807, 2.05) is 51.1 Å². The lowest BCUT2D eigenvalue weighted by Crippen LogP contribution is -2.58. The Morgan fingerprint density at radius 1 is 1.17 bits per heavy atom. The zero-order valence-corrected chi connectivity index (χ0v) is 25.2. The molecular weight excluding hydrogens is 545 g/mol. The summed E-state index contributed by atoms with van der Waals surface area (Å²) >= 11 is 0. The summed E-state index contributed by atoms with van der Waals surface area (Å²) in [6.07, 6.45) is 6.09. The maximum absolute atomic E-state index is 13.8. The fourth-order valence-corrected chi connectivity index (χ4v) is 7.64. The molecule has 1 aliphatic heterocycles. The predicted octanol–water partition coefficient (Wildman–Crippen LogP) is 4.52. The number of nitrogens with one attached hydrogen (secondary N) is 2. The molecule has 3 fully saturated rings. The average molecular weight is 590 g/mol. The molecule has 3 amide bonds. The topological polar surface area (TPSA) is 134 Å². The van der Waals surface area contributed by atoms with E-state index >= 15 is 0 Å². The number of carbonyl (C=O) groups excluding carboxylic acids is 3. The van der Waals surface area contributed by atoms with Gasteiger partial charge in [0.1, 0.15) is 23.5 Å². The van der Waals surface area contributed by atoms with Crippen molar-refractivity contribution in [2.24, 2.45) is 11.3 Å². The van der Waals surface area contributed by atoms with Gasteiger partial charge < -0.3 is 29.7 Å². The summed E-state index contributed by atoms with van der Waals surface area (Å²) in [5.41, 5.74) is 0.324. The van der Waals surface area contributed by atoms with E-state index in [1.165, 1.54) is 4.90 Å². The summed E-state index contributed by atoms with van der Waals surface area (Å²) in [6, 6.07) is 7.73. The predicted molar refractivity (Wildman–Crippen MR) is 155 cm³/mol. The molecule has 2 aliphatic carbocycles. The second-order valence-electron chi connectivity index (χ2n) is 12.5. The number of benzene rings is 1. The highest BCUT2D eigenvalue weighted by Crippen LogP contribution is 2.70. The number of amides is 3. The van der Waals surface area contributed by atoms with Crippen LogP contribution < -0.4 is 10.6 Å². The van der Waals surface area contributed by atoms with Gasteiger partial charge in [0, 0.05) is 12.5 Å². The monoisotopic (exact) mass is 589 g/mol. The van der Waals surface area contributed by atoms with Crippen molar-refractivity contribution in [1.29, 1.82) is 0 Å². The number of likely N-dealkylation sites (tertiary alicyclic amines) is 1. The highest BCUT2D eigenvalue weighted by Gasteiger charge is 2.67. The van der Waals surface area contributed by atoms with Crippen LogP contribution in [0.4, 0.5) is 4.79 Å². The van der Waals surface area contributed by atoms with E-state index < -0.39 is 48.3 Å². The van der Waals surface area contributed by atoms with E-state index in [9.17, 15) is 23.8 Å². The minimum absolute atomic E-state index is 0.0171. The van der Waals surface area contributed by atoms with Crippen molar-refractivity contribution in [3.05, 3.63) is 48.6 Å². The average Bonchev–Trinajstić information content (AvgIpc) is 3.24. The fraction of sp³-hybridized carbons (Fsp3) is 0.633. The lowest BCUT2D eigenvalue weighted by Gasteiger charge is -2.36. The van der Waals surface area contributed by atoms with Crippen molar-refractivity contribution in [3.63, 3.8) is 0 Å². The normalized spacial score (nSPS) is 26.6. The number of nitrogens with zero attached hydrogens (tertiary/aromatic N) is 1. The third kappa shape index (κ3) is 7.22. The molecule has 0 bridgehead atoms. The molecule has 11 heteroatoms. The van der Waals surface area contributed by atoms with E-state index in [0.717, 1.165) is 31.2 Å². The van der Waals surface area contributed by atoms with Crippen molar-refractivity contribution >= 4 is 25.5 Å². The zero-order chi connectivity index (χ0) is 29.8. The summed E-state index contributed by atoms with van der Waals surface area (Å²) in [6.45, 7) is 9.66. The minimum atomic E-state index is -4.29. The number of hydrogen-bond donors (Lipinski definition) is 3. The van der Waals surface area contributed by atoms with Crippen molar-refractivity contribution < 1.29 is 33.1 Å². The Hall–Kier alpha value is -2.68. The smallest absolute Gasteiger partial charge is 0.408 e. The summed E-state index contributed by atoms with van der Waals surface area (Å²) in [5, 5.41) is 4.07. The summed E-state index contributed by atoms with van der Waals surface area (Å²) in [7, 11) is -4.29. The van der Waals surface area contributed by atoms with Crippen LogP contribution in [0.5, 0.6) is 0 Å². The van der Waals surface area contributed by atoms with Gasteiger partial charge in [0.2, 0.25) is 11.8 Å². The number of ether oxygens (including phenoxy) is 1. The summed E-state index contributed by atoms with van der Waals surface area (Å²) in [4.78, 5) is 52.5. The Labute approximate surface area is 242 Å². The SMILES string of the molecule is C=CC1CC1(NC(=O)C1CCCN1C(=O)C(NC(=O)OC1CCCC1)C(C)(C)C)P(=O)(O)OCCc1ccccc1. The molecule has 3 aliphatic rings. The van der Waals surface area contributed by atoms with Crippen molar-refractivity contribution in [3.8, 4) is 0 Å². The fourth-order valence-electron chi connectivity index (χ4n) is 5.86. The molecule has 1 aromatic rings. The number of rotatable bonds is 11. The Bertz CT molecular complexity index is 1160. The lowest BCUT2D eigenvalue weighted by atomic mass is 9.85. The van der Waals surface area contributed by atoms with Crippen LogP contribution in [0.3, 0.4) is 0 Å². The van der Waals surface area contributed by atoms with Gasteiger partial charge in [-0.05, 0) is 62.3 Å². The second-order valence-corrected chi connectivity index (χ2v) is 14.6. The molecule has 5 unspecified atom stereocenters. The number of carbonyl (C=O) groups is 3. The quantitative estimate of drug-likeness (QED) is 0.255. The number of alkyl carbamates (subject to hydrolysis) is 1. The molecule has 0 spiro atoms. The summed E-state index contributed by atoms with van der Waals surface area (Å²) < 4.78 is 24.5. The van der Waals surface area contributed by atoms with Crippen LogP contribution >= 0.6 is 7.60 Å². The van der Waals surface area contributed by atoms with E-state index in [4.69, 9.17) is 9.26 Å². The van der Waals surface area contributed by atoms with E-state index in [0.29, 0.717) is 25.8 Å². The Morgan fingerprint density at radius 3 is 2.46 bits per heavy atom. The molecule has 0 aromatic heterocycles. The molecule has 1 heterocycles.